The number of ether oxygens (including phenoxy) is 2. The van der Waals surface area contributed by atoms with E-state index in [2.05, 4.69) is 10.6 Å². The van der Waals surface area contributed by atoms with Crippen LogP contribution in [0.4, 0.5) is 0 Å². The first-order chi connectivity index (χ1) is 18.4. The topological polar surface area (TPSA) is 114 Å². The van der Waals surface area contributed by atoms with Gasteiger partial charge in [-0.1, -0.05) is 44.2 Å². The van der Waals surface area contributed by atoms with Crippen LogP contribution in [-0.2, 0) is 20.9 Å². The molecule has 2 atom stereocenters. The van der Waals surface area contributed by atoms with Crippen LogP contribution in [0.5, 0.6) is 5.75 Å². The molecule has 3 rings (SSSR count). The molecule has 2 aromatic rings. The zero-order valence-electron chi connectivity index (χ0n) is 23.6. The van der Waals surface area contributed by atoms with E-state index < -0.39 is 35.5 Å². The van der Waals surface area contributed by atoms with E-state index in [9.17, 15) is 19.2 Å². The van der Waals surface area contributed by atoms with Gasteiger partial charge in [0.05, 0.1) is 24.3 Å². The molecule has 9 heteroatoms. The number of nitrogens with zero attached hydrogens (tertiary/aromatic N) is 1. The molecule has 0 saturated heterocycles. The van der Waals surface area contributed by atoms with Gasteiger partial charge in [-0.3, -0.25) is 29.4 Å². The molecule has 0 fully saturated rings. The first-order valence-electron chi connectivity index (χ1n) is 13.2. The second kappa shape index (κ2) is 12.9. The van der Waals surface area contributed by atoms with Gasteiger partial charge in [0, 0.05) is 13.1 Å². The van der Waals surface area contributed by atoms with E-state index in [1.807, 2.05) is 44.2 Å². The Morgan fingerprint density at radius 2 is 1.62 bits per heavy atom. The van der Waals surface area contributed by atoms with Crippen LogP contribution >= 0.6 is 0 Å². The number of hydrogen-bond acceptors (Lipinski definition) is 7. The molecule has 1 aliphatic heterocycles. The maximum atomic E-state index is 13.2. The van der Waals surface area contributed by atoms with Crippen LogP contribution < -0.4 is 15.4 Å². The number of carbonyl (C=O) groups excluding carboxylic acids is 4. The highest BCUT2D eigenvalue weighted by Crippen LogP contribution is 2.27. The number of nitrogens with one attached hydrogen (secondary N) is 2. The number of fused-ring (bicyclic) bond motifs is 1. The maximum absolute atomic E-state index is 13.2. The van der Waals surface area contributed by atoms with E-state index in [0.29, 0.717) is 24.3 Å². The van der Waals surface area contributed by atoms with Gasteiger partial charge >= 0.3 is 5.97 Å². The minimum absolute atomic E-state index is 0.0222. The summed E-state index contributed by atoms with van der Waals surface area (Å²) in [6.07, 6.45) is 0.560. The van der Waals surface area contributed by atoms with Crippen LogP contribution in [0, 0.1) is 5.92 Å². The Kier molecular flexibility index (Phi) is 9.86. The van der Waals surface area contributed by atoms with Gasteiger partial charge in [-0.15, -0.1) is 0 Å². The predicted molar refractivity (Wildman–Crippen MR) is 147 cm³/mol. The van der Waals surface area contributed by atoms with Gasteiger partial charge in [0.25, 0.3) is 11.8 Å². The van der Waals surface area contributed by atoms with E-state index in [1.54, 1.807) is 32.9 Å². The van der Waals surface area contributed by atoms with Crippen LogP contribution in [0.1, 0.15) is 73.7 Å². The molecule has 0 bridgehead atoms. The van der Waals surface area contributed by atoms with Crippen LogP contribution in [-0.4, -0.2) is 59.9 Å². The van der Waals surface area contributed by atoms with Gasteiger partial charge in [0.1, 0.15) is 17.4 Å². The normalized spacial score (nSPS) is 14.7. The molecule has 0 saturated carbocycles. The summed E-state index contributed by atoms with van der Waals surface area (Å²) in [6, 6.07) is 12.7. The standard InChI is InChI=1S/C30H39N3O6/c1-19(2)16-25(26(34)31-18-20-10-8-7-9-11-20)32-24(29(37)39-30(3,4)5)14-15-33-27(35)22-13-12-21(38-6)17-23(22)28(33)36/h7-13,17,19,24-25,32H,14-16,18H2,1-6H3,(H,31,34)/t24-,25+/m1/s1. The molecule has 2 N–H and O–H groups in total. The van der Waals surface area contributed by atoms with Crippen LogP contribution in [0.15, 0.2) is 48.5 Å². The van der Waals surface area contributed by atoms with E-state index in [-0.39, 0.29) is 30.4 Å². The fourth-order valence-electron chi connectivity index (χ4n) is 4.37. The largest absolute Gasteiger partial charge is 0.497 e. The summed E-state index contributed by atoms with van der Waals surface area (Å²) in [4.78, 5) is 53.6. The Labute approximate surface area is 230 Å². The maximum Gasteiger partial charge on any atom is 0.323 e. The molecule has 0 aliphatic carbocycles. The smallest absolute Gasteiger partial charge is 0.323 e. The lowest BCUT2D eigenvalue weighted by Gasteiger charge is -2.29. The summed E-state index contributed by atoms with van der Waals surface area (Å²) in [5.74, 6) is -1.03. The molecular weight excluding hydrogens is 498 g/mol. The average Bonchev–Trinajstić information content (AvgIpc) is 3.12. The Morgan fingerprint density at radius 1 is 0.949 bits per heavy atom. The van der Waals surface area contributed by atoms with Gasteiger partial charge in [-0.05, 0) is 63.3 Å². The highest BCUT2D eigenvalue weighted by Gasteiger charge is 2.37. The quantitative estimate of drug-likeness (QED) is 0.313. The third-order valence-corrected chi connectivity index (χ3v) is 6.25. The fraction of sp³-hybridized carbons (Fsp3) is 0.467. The van der Waals surface area contributed by atoms with Crippen molar-refractivity contribution in [1.82, 2.24) is 15.5 Å². The third-order valence-electron chi connectivity index (χ3n) is 6.25. The zero-order valence-corrected chi connectivity index (χ0v) is 23.6. The lowest BCUT2D eigenvalue weighted by atomic mass is 10.0. The van der Waals surface area contributed by atoms with Crippen molar-refractivity contribution in [3.8, 4) is 5.75 Å². The minimum Gasteiger partial charge on any atom is -0.497 e. The second-order valence-electron chi connectivity index (χ2n) is 11.1. The molecule has 0 aromatic heterocycles. The highest BCUT2D eigenvalue weighted by atomic mass is 16.6. The van der Waals surface area contributed by atoms with Gasteiger partial charge in [0.2, 0.25) is 5.91 Å². The van der Waals surface area contributed by atoms with Gasteiger partial charge in [-0.25, -0.2) is 0 Å². The van der Waals surface area contributed by atoms with E-state index in [1.165, 1.54) is 13.2 Å². The molecule has 39 heavy (non-hydrogen) atoms. The van der Waals surface area contributed by atoms with E-state index >= 15 is 0 Å². The molecule has 3 amide bonds. The summed E-state index contributed by atoms with van der Waals surface area (Å²) >= 11 is 0. The lowest BCUT2D eigenvalue weighted by molar-refractivity contribution is -0.158. The number of benzene rings is 2. The molecule has 1 heterocycles. The van der Waals surface area contributed by atoms with Gasteiger partial charge < -0.3 is 14.8 Å². The molecule has 0 unspecified atom stereocenters. The molecule has 0 spiro atoms. The summed E-state index contributed by atoms with van der Waals surface area (Å²) in [6.45, 7) is 9.60. The van der Waals surface area contributed by atoms with Gasteiger partial charge in [-0.2, -0.15) is 0 Å². The number of esters is 1. The fourth-order valence-corrected chi connectivity index (χ4v) is 4.37. The molecule has 0 radical (unpaired) electrons. The number of imide groups is 1. The highest BCUT2D eigenvalue weighted by molar-refractivity contribution is 6.21. The van der Waals surface area contributed by atoms with Crippen molar-refractivity contribution in [3.05, 3.63) is 65.2 Å². The van der Waals surface area contributed by atoms with Crippen molar-refractivity contribution in [1.29, 1.82) is 0 Å². The van der Waals surface area contributed by atoms with Crippen LogP contribution in [0.2, 0.25) is 0 Å². The zero-order chi connectivity index (χ0) is 28.7. The van der Waals surface area contributed by atoms with E-state index in [0.717, 1.165) is 10.5 Å². The van der Waals surface area contributed by atoms with Crippen molar-refractivity contribution in [2.75, 3.05) is 13.7 Å². The molecule has 2 aromatic carbocycles. The molecule has 9 nitrogen and oxygen atoms in total. The molecule has 210 valence electrons. The van der Waals surface area contributed by atoms with Crippen molar-refractivity contribution in [2.24, 2.45) is 5.92 Å². The van der Waals surface area contributed by atoms with Crippen molar-refractivity contribution in [3.63, 3.8) is 0 Å². The Morgan fingerprint density at radius 3 is 2.23 bits per heavy atom. The second-order valence-corrected chi connectivity index (χ2v) is 11.1. The number of hydrogen-bond donors (Lipinski definition) is 2. The summed E-state index contributed by atoms with van der Waals surface area (Å²) in [5.41, 5.74) is 0.756. The average molecular weight is 538 g/mol. The molecular formula is C30H39N3O6. The van der Waals surface area contributed by atoms with E-state index in [4.69, 9.17) is 9.47 Å². The number of carbonyl (C=O) groups is 4. The Hall–Kier alpha value is -3.72. The predicted octanol–water partition coefficient (Wildman–Crippen LogP) is 3.71. The number of amides is 3. The Balaban J connectivity index is 1.76. The number of rotatable bonds is 12. The van der Waals surface area contributed by atoms with Crippen LogP contribution in [0.3, 0.4) is 0 Å². The van der Waals surface area contributed by atoms with Crippen molar-refractivity contribution >= 4 is 23.7 Å². The van der Waals surface area contributed by atoms with Gasteiger partial charge in [0.15, 0.2) is 0 Å². The number of methoxy groups -OCH3 is 1. The lowest BCUT2D eigenvalue weighted by Crippen LogP contribution is -2.53. The Bertz CT molecular complexity index is 1190. The first-order valence-corrected chi connectivity index (χ1v) is 13.2. The first kappa shape index (κ1) is 29.8. The van der Waals surface area contributed by atoms with Crippen LogP contribution in [0.25, 0.3) is 0 Å². The monoisotopic (exact) mass is 537 g/mol. The minimum atomic E-state index is -0.922. The van der Waals surface area contributed by atoms with Crippen molar-refractivity contribution < 1.29 is 28.7 Å². The van der Waals surface area contributed by atoms with Crippen molar-refractivity contribution in [2.45, 2.75) is 71.7 Å². The summed E-state index contributed by atoms with van der Waals surface area (Å²) in [7, 11) is 1.49. The SMILES string of the molecule is COc1ccc2c(c1)C(=O)N(CC[C@@H](N[C@@H](CC(C)C)C(=O)NCc1ccccc1)C(=O)OC(C)(C)C)C2=O. The summed E-state index contributed by atoms with van der Waals surface area (Å²) < 4.78 is 10.8. The molecule has 1 aliphatic rings. The third kappa shape index (κ3) is 8.13. The summed E-state index contributed by atoms with van der Waals surface area (Å²) in [5, 5.41) is 6.13.